The monoisotopic (exact) mass is 256 g/mol. The van der Waals surface area contributed by atoms with E-state index in [-0.39, 0.29) is 28.4 Å². The highest BCUT2D eigenvalue weighted by Crippen LogP contribution is 2.35. The van der Waals surface area contributed by atoms with Crippen LogP contribution in [0.4, 0.5) is 0 Å². The number of hydrogen-bond donors (Lipinski definition) is 1. The maximum absolute atomic E-state index is 12.3. The maximum Gasteiger partial charge on any atom is 0.329 e. The minimum Gasteiger partial charge on any atom is -0.297 e. The maximum atomic E-state index is 12.3. The number of hydrogen-bond acceptors (Lipinski definition) is 2. The lowest BCUT2D eigenvalue weighted by atomic mass is 9.81. The fourth-order valence-electron chi connectivity index (χ4n) is 2.44. The zero-order chi connectivity index (χ0) is 12.7. The predicted octanol–water partition coefficient (Wildman–Crippen LogP) is 2.28. The summed E-state index contributed by atoms with van der Waals surface area (Å²) in [6, 6.07) is 0.0380. The summed E-state index contributed by atoms with van der Waals surface area (Å²) >= 11 is 5.93. The average molecular weight is 257 g/mol. The van der Waals surface area contributed by atoms with E-state index in [1.807, 2.05) is 13.8 Å². The third kappa shape index (κ3) is 2.06. The van der Waals surface area contributed by atoms with Crippen LogP contribution < -0.4 is 11.2 Å². The van der Waals surface area contributed by atoms with Crippen LogP contribution >= 0.6 is 11.6 Å². The van der Waals surface area contributed by atoms with Gasteiger partial charge < -0.3 is 0 Å². The Hall–Kier alpha value is -1.03. The van der Waals surface area contributed by atoms with E-state index in [9.17, 15) is 9.59 Å². The summed E-state index contributed by atoms with van der Waals surface area (Å²) in [6.07, 6.45) is 1.78. The van der Waals surface area contributed by atoms with E-state index in [1.54, 1.807) is 0 Å². The van der Waals surface area contributed by atoms with Gasteiger partial charge in [-0.1, -0.05) is 32.4 Å². The second-order valence-electron chi connectivity index (χ2n) is 5.22. The molecule has 0 atom stereocenters. The number of rotatable bonds is 2. The first-order chi connectivity index (χ1) is 7.91. The minimum absolute atomic E-state index is 0.00981. The normalized spacial score (nSPS) is 23.8. The fraction of sp³-hybridized carbons (Fsp3) is 0.667. The molecule has 1 N–H and O–H groups in total. The molecule has 0 aliphatic heterocycles. The molecule has 1 aromatic rings. The Morgan fingerprint density at radius 3 is 2.41 bits per heavy atom. The van der Waals surface area contributed by atoms with Crippen molar-refractivity contribution in [1.29, 1.82) is 0 Å². The molecule has 0 saturated heterocycles. The van der Waals surface area contributed by atoms with Crippen LogP contribution in [-0.2, 0) is 0 Å². The van der Waals surface area contributed by atoms with E-state index < -0.39 is 0 Å². The molecular formula is C12H17ClN2O2. The predicted molar refractivity (Wildman–Crippen MR) is 67.9 cm³/mol. The number of aromatic nitrogens is 2. The van der Waals surface area contributed by atoms with Gasteiger partial charge in [0.05, 0.1) is 5.56 Å². The standard InChI is InChI=1S/C12H17ClN2O2/c1-6(2)9-10(13)14-12(17)15(11(9)16)8-4-7(3)5-8/h6-8H,4-5H2,1-3H3,(H,14,17). The van der Waals surface area contributed by atoms with Crippen LogP contribution in [0.1, 0.15) is 51.1 Å². The SMILES string of the molecule is CC1CC(n2c(=O)[nH]c(Cl)c(C(C)C)c2=O)C1. The molecule has 0 unspecified atom stereocenters. The van der Waals surface area contributed by atoms with E-state index in [0.717, 1.165) is 12.8 Å². The lowest BCUT2D eigenvalue weighted by Crippen LogP contribution is -2.44. The van der Waals surface area contributed by atoms with E-state index >= 15 is 0 Å². The minimum atomic E-state index is -0.388. The zero-order valence-electron chi connectivity index (χ0n) is 10.3. The van der Waals surface area contributed by atoms with Gasteiger partial charge in [-0.2, -0.15) is 0 Å². The lowest BCUT2D eigenvalue weighted by Gasteiger charge is -2.33. The Kier molecular flexibility index (Phi) is 3.17. The number of H-pyrrole nitrogens is 1. The summed E-state index contributed by atoms with van der Waals surface area (Å²) in [7, 11) is 0. The van der Waals surface area contributed by atoms with Gasteiger partial charge in [-0.15, -0.1) is 0 Å². The molecule has 1 saturated carbocycles. The topological polar surface area (TPSA) is 54.9 Å². The van der Waals surface area contributed by atoms with Crippen LogP contribution in [-0.4, -0.2) is 9.55 Å². The molecule has 0 aromatic carbocycles. The fourth-order valence-corrected chi connectivity index (χ4v) is 2.82. The number of halogens is 1. The van der Waals surface area contributed by atoms with Gasteiger partial charge in [0.2, 0.25) is 0 Å². The summed E-state index contributed by atoms with van der Waals surface area (Å²) < 4.78 is 1.33. The van der Waals surface area contributed by atoms with Crippen LogP contribution in [0, 0.1) is 5.92 Å². The van der Waals surface area contributed by atoms with Crippen molar-refractivity contribution in [2.45, 2.75) is 45.6 Å². The van der Waals surface area contributed by atoms with Crippen molar-refractivity contribution < 1.29 is 0 Å². The Bertz CT molecular complexity index is 538. The first kappa shape index (κ1) is 12.4. The van der Waals surface area contributed by atoms with Gasteiger partial charge in [0, 0.05) is 6.04 Å². The third-order valence-electron chi connectivity index (χ3n) is 3.41. The first-order valence-electron chi connectivity index (χ1n) is 5.96. The van der Waals surface area contributed by atoms with Crippen molar-refractivity contribution in [3.63, 3.8) is 0 Å². The van der Waals surface area contributed by atoms with Crippen molar-refractivity contribution in [2.24, 2.45) is 5.92 Å². The number of aromatic amines is 1. The Labute approximate surface area is 105 Å². The molecule has 1 aromatic heterocycles. The second-order valence-corrected chi connectivity index (χ2v) is 5.60. The van der Waals surface area contributed by atoms with E-state index in [0.29, 0.717) is 11.5 Å². The molecule has 1 aliphatic rings. The first-order valence-corrected chi connectivity index (χ1v) is 6.33. The second kappa shape index (κ2) is 4.33. The van der Waals surface area contributed by atoms with Crippen LogP contribution in [0.3, 0.4) is 0 Å². The van der Waals surface area contributed by atoms with Crippen molar-refractivity contribution in [3.8, 4) is 0 Å². The highest BCUT2D eigenvalue weighted by atomic mass is 35.5. The Morgan fingerprint density at radius 2 is 1.94 bits per heavy atom. The van der Waals surface area contributed by atoms with Crippen molar-refractivity contribution in [2.75, 3.05) is 0 Å². The van der Waals surface area contributed by atoms with Gasteiger partial charge in [0.25, 0.3) is 5.56 Å². The zero-order valence-corrected chi connectivity index (χ0v) is 11.0. The van der Waals surface area contributed by atoms with Crippen molar-refractivity contribution in [1.82, 2.24) is 9.55 Å². The molecule has 1 heterocycles. The highest BCUT2D eigenvalue weighted by Gasteiger charge is 2.30. The molecule has 0 amide bonds. The molecule has 0 bridgehead atoms. The number of nitrogens with one attached hydrogen (secondary N) is 1. The van der Waals surface area contributed by atoms with Gasteiger partial charge in [0.15, 0.2) is 0 Å². The van der Waals surface area contributed by atoms with E-state index in [2.05, 4.69) is 11.9 Å². The molecule has 0 spiro atoms. The van der Waals surface area contributed by atoms with Gasteiger partial charge in [0.1, 0.15) is 5.15 Å². The summed E-state index contributed by atoms with van der Waals surface area (Å²) in [5.74, 6) is 0.597. The molecule has 1 fully saturated rings. The molecular weight excluding hydrogens is 240 g/mol. The van der Waals surface area contributed by atoms with Crippen LogP contribution in [0.15, 0.2) is 9.59 Å². The molecule has 94 valence electrons. The molecule has 5 heteroatoms. The van der Waals surface area contributed by atoms with Crippen LogP contribution in [0.25, 0.3) is 0 Å². The van der Waals surface area contributed by atoms with Gasteiger partial charge in [-0.05, 0) is 24.7 Å². The van der Waals surface area contributed by atoms with Crippen LogP contribution in [0.5, 0.6) is 0 Å². The van der Waals surface area contributed by atoms with Gasteiger partial charge >= 0.3 is 5.69 Å². The summed E-state index contributed by atoms with van der Waals surface area (Å²) in [5, 5.41) is 0.179. The third-order valence-corrected chi connectivity index (χ3v) is 3.71. The molecule has 1 aliphatic carbocycles. The summed E-state index contributed by atoms with van der Waals surface area (Å²) in [5.41, 5.74) is -0.113. The van der Waals surface area contributed by atoms with E-state index in [1.165, 1.54) is 4.57 Å². The molecule has 2 rings (SSSR count). The Morgan fingerprint density at radius 1 is 1.35 bits per heavy atom. The smallest absolute Gasteiger partial charge is 0.297 e. The summed E-state index contributed by atoms with van der Waals surface area (Å²) in [6.45, 7) is 5.92. The quantitative estimate of drug-likeness (QED) is 0.826. The lowest BCUT2D eigenvalue weighted by molar-refractivity contribution is 0.204. The molecule has 4 nitrogen and oxygen atoms in total. The highest BCUT2D eigenvalue weighted by molar-refractivity contribution is 6.30. The largest absolute Gasteiger partial charge is 0.329 e. The molecule has 0 radical (unpaired) electrons. The van der Waals surface area contributed by atoms with Gasteiger partial charge in [-0.3, -0.25) is 14.3 Å². The summed E-state index contributed by atoms with van der Waals surface area (Å²) in [4.78, 5) is 26.6. The van der Waals surface area contributed by atoms with E-state index in [4.69, 9.17) is 11.6 Å². The number of nitrogens with zero attached hydrogens (tertiary/aromatic N) is 1. The van der Waals surface area contributed by atoms with Crippen molar-refractivity contribution >= 4 is 11.6 Å². The Balaban J connectivity index is 2.56. The van der Waals surface area contributed by atoms with Gasteiger partial charge in [-0.25, -0.2) is 4.79 Å². The van der Waals surface area contributed by atoms with Crippen LogP contribution in [0.2, 0.25) is 5.15 Å². The average Bonchev–Trinajstić information content (AvgIpc) is 2.13. The molecule has 17 heavy (non-hydrogen) atoms. The van der Waals surface area contributed by atoms with Crippen molar-refractivity contribution in [3.05, 3.63) is 31.6 Å².